The summed E-state index contributed by atoms with van der Waals surface area (Å²) in [5.41, 5.74) is 1.10. The van der Waals surface area contributed by atoms with Crippen LogP contribution in [0.5, 0.6) is 0 Å². The van der Waals surface area contributed by atoms with E-state index in [9.17, 15) is 9.18 Å². The number of morpholine rings is 1. The standard InChI is InChI=1S/C19H22FN3O3/c20-15-3-1-14(2-4-15)17-11-16(22-26-17)18(24)21-12-19(5-6-19)13-23-7-9-25-10-8-23/h1-4,11H,5-10,12-13H2,(H,21,24). The Labute approximate surface area is 151 Å². The molecule has 1 saturated carbocycles. The molecule has 1 aromatic carbocycles. The molecule has 26 heavy (non-hydrogen) atoms. The Morgan fingerprint density at radius 3 is 2.65 bits per heavy atom. The molecule has 0 spiro atoms. The molecule has 1 aliphatic heterocycles. The molecule has 0 bridgehead atoms. The van der Waals surface area contributed by atoms with Crippen LogP contribution in [0.2, 0.25) is 0 Å². The number of halogens is 1. The molecule has 1 amide bonds. The minimum Gasteiger partial charge on any atom is -0.379 e. The van der Waals surface area contributed by atoms with Crippen LogP contribution in [0.15, 0.2) is 34.9 Å². The number of ether oxygens (including phenoxy) is 1. The summed E-state index contributed by atoms with van der Waals surface area (Å²) in [6.45, 7) is 5.12. The van der Waals surface area contributed by atoms with Gasteiger partial charge in [-0.15, -0.1) is 0 Å². The maximum Gasteiger partial charge on any atom is 0.273 e. The summed E-state index contributed by atoms with van der Waals surface area (Å²) in [6, 6.07) is 7.47. The SMILES string of the molecule is O=C(NCC1(CN2CCOCC2)CC1)c1cc(-c2ccc(F)cc2)on1. The predicted octanol–water partition coefficient (Wildman–Crippen LogP) is 2.32. The largest absolute Gasteiger partial charge is 0.379 e. The van der Waals surface area contributed by atoms with Gasteiger partial charge in [0.15, 0.2) is 11.5 Å². The molecule has 2 fully saturated rings. The Morgan fingerprint density at radius 1 is 1.23 bits per heavy atom. The number of nitrogens with one attached hydrogen (secondary N) is 1. The fourth-order valence-electron chi connectivity index (χ4n) is 3.29. The third kappa shape index (κ3) is 3.94. The summed E-state index contributed by atoms with van der Waals surface area (Å²) in [4.78, 5) is 14.8. The number of nitrogens with zero attached hydrogens (tertiary/aromatic N) is 2. The van der Waals surface area contributed by atoms with E-state index in [4.69, 9.17) is 9.26 Å². The van der Waals surface area contributed by atoms with Crippen molar-refractivity contribution in [2.75, 3.05) is 39.4 Å². The number of rotatable bonds is 6. The number of aromatic nitrogens is 1. The second kappa shape index (κ2) is 7.17. The molecule has 2 aromatic rings. The molecular formula is C19H22FN3O3. The van der Waals surface area contributed by atoms with Gasteiger partial charge in [-0.2, -0.15) is 0 Å². The summed E-state index contributed by atoms with van der Waals surface area (Å²) in [5.74, 6) is -0.110. The van der Waals surface area contributed by atoms with Crippen LogP contribution in [-0.2, 0) is 4.74 Å². The van der Waals surface area contributed by atoms with Crippen molar-refractivity contribution in [3.8, 4) is 11.3 Å². The van der Waals surface area contributed by atoms with Gasteiger partial charge in [0.1, 0.15) is 5.82 Å². The maximum absolute atomic E-state index is 13.0. The van der Waals surface area contributed by atoms with Crippen molar-refractivity contribution in [2.45, 2.75) is 12.8 Å². The lowest BCUT2D eigenvalue weighted by Gasteiger charge is -2.30. The van der Waals surface area contributed by atoms with Crippen LogP contribution in [0.1, 0.15) is 23.3 Å². The third-order valence-corrected chi connectivity index (χ3v) is 5.12. The van der Waals surface area contributed by atoms with E-state index in [0.717, 1.165) is 45.7 Å². The van der Waals surface area contributed by atoms with Crippen molar-refractivity contribution in [2.24, 2.45) is 5.41 Å². The van der Waals surface area contributed by atoms with Crippen molar-refractivity contribution in [3.63, 3.8) is 0 Å². The second-order valence-electron chi connectivity index (χ2n) is 7.15. The Kier molecular flexibility index (Phi) is 4.74. The quantitative estimate of drug-likeness (QED) is 0.857. The van der Waals surface area contributed by atoms with Crippen LogP contribution in [0.4, 0.5) is 4.39 Å². The van der Waals surface area contributed by atoms with E-state index in [1.165, 1.54) is 12.1 Å². The number of amides is 1. The van der Waals surface area contributed by atoms with Gasteiger partial charge < -0.3 is 14.6 Å². The van der Waals surface area contributed by atoms with Crippen LogP contribution in [0, 0.1) is 11.2 Å². The smallest absolute Gasteiger partial charge is 0.273 e. The first-order valence-corrected chi connectivity index (χ1v) is 8.95. The molecule has 0 radical (unpaired) electrons. The molecule has 1 aliphatic carbocycles. The van der Waals surface area contributed by atoms with E-state index in [1.807, 2.05) is 0 Å². The molecule has 4 rings (SSSR count). The highest BCUT2D eigenvalue weighted by molar-refractivity contribution is 5.93. The average molecular weight is 359 g/mol. The first-order chi connectivity index (χ1) is 12.6. The summed E-state index contributed by atoms with van der Waals surface area (Å²) in [5, 5.41) is 6.83. The van der Waals surface area contributed by atoms with Crippen LogP contribution >= 0.6 is 0 Å². The highest BCUT2D eigenvalue weighted by atomic mass is 19.1. The summed E-state index contributed by atoms with van der Waals surface area (Å²) in [6.07, 6.45) is 2.26. The van der Waals surface area contributed by atoms with Gasteiger partial charge in [0, 0.05) is 43.2 Å². The van der Waals surface area contributed by atoms with Gasteiger partial charge in [0.25, 0.3) is 5.91 Å². The third-order valence-electron chi connectivity index (χ3n) is 5.12. The lowest BCUT2D eigenvalue weighted by molar-refractivity contribution is 0.0283. The molecule has 2 heterocycles. The highest BCUT2D eigenvalue weighted by Crippen LogP contribution is 2.45. The van der Waals surface area contributed by atoms with E-state index in [-0.39, 0.29) is 22.8 Å². The Hall–Kier alpha value is -2.25. The number of benzene rings is 1. The zero-order chi connectivity index (χ0) is 18.0. The average Bonchev–Trinajstić information content (AvgIpc) is 3.24. The van der Waals surface area contributed by atoms with E-state index in [0.29, 0.717) is 17.9 Å². The second-order valence-corrected chi connectivity index (χ2v) is 7.15. The first kappa shape index (κ1) is 17.2. The van der Waals surface area contributed by atoms with Crippen molar-refractivity contribution < 1.29 is 18.4 Å². The van der Waals surface area contributed by atoms with E-state index >= 15 is 0 Å². The molecule has 1 aromatic heterocycles. The van der Waals surface area contributed by atoms with Gasteiger partial charge in [-0.1, -0.05) is 5.16 Å². The van der Waals surface area contributed by atoms with E-state index in [2.05, 4.69) is 15.4 Å². The highest BCUT2D eigenvalue weighted by Gasteiger charge is 2.44. The number of carbonyl (C=O) groups is 1. The number of carbonyl (C=O) groups excluding carboxylic acids is 1. The number of hydrogen-bond donors (Lipinski definition) is 1. The van der Waals surface area contributed by atoms with Gasteiger partial charge in [0.05, 0.1) is 13.2 Å². The molecule has 2 aliphatic rings. The molecule has 0 atom stereocenters. The molecule has 1 saturated heterocycles. The van der Waals surface area contributed by atoms with Crippen LogP contribution in [0.3, 0.4) is 0 Å². The normalized spacial score (nSPS) is 19.3. The van der Waals surface area contributed by atoms with Crippen molar-refractivity contribution in [3.05, 3.63) is 41.8 Å². The Bertz CT molecular complexity index is 765. The molecule has 138 valence electrons. The minimum atomic E-state index is -0.318. The van der Waals surface area contributed by atoms with Gasteiger partial charge >= 0.3 is 0 Å². The van der Waals surface area contributed by atoms with Crippen LogP contribution < -0.4 is 5.32 Å². The predicted molar refractivity (Wildman–Crippen MR) is 93.2 cm³/mol. The molecule has 7 heteroatoms. The van der Waals surface area contributed by atoms with Gasteiger partial charge in [0.2, 0.25) is 0 Å². The van der Waals surface area contributed by atoms with Crippen LogP contribution in [-0.4, -0.2) is 55.4 Å². The monoisotopic (exact) mass is 359 g/mol. The van der Waals surface area contributed by atoms with Gasteiger partial charge in [-0.05, 0) is 37.1 Å². The topological polar surface area (TPSA) is 67.6 Å². The lowest BCUT2D eigenvalue weighted by atomic mass is 10.1. The van der Waals surface area contributed by atoms with E-state index < -0.39 is 0 Å². The van der Waals surface area contributed by atoms with Crippen molar-refractivity contribution >= 4 is 5.91 Å². The van der Waals surface area contributed by atoms with Crippen LogP contribution in [0.25, 0.3) is 11.3 Å². The molecule has 1 N–H and O–H groups in total. The number of hydrogen-bond acceptors (Lipinski definition) is 5. The molecular weight excluding hydrogens is 337 g/mol. The Morgan fingerprint density at radius 2 is 1.96 bits per heavy atom. The fourth-order valence-corrected chi connectivity index (χ4v) is 3.29. The molecule has 0 unspecified atom stereocenters. The fraction of sp³-hybridized carbons (Fsp3) is 0.474. The zero-order valence-electron chi connectivity index (χ0n) is 14.5. The summed E-state index contributed by atoms with van der Waals surface area (Å²) in [7, 11) is 0. The van der Waals surface area contributed by atoms with Crippen molar-refractivity contribution in [1.82, 2.24) is 15.4 Å². The van der Waals surface area contributed by atoms with Crippen molar-refractivity contribution in [1.29, 1.82) is 0 Å². The lowest BCUT2D eigenvalue weighted by Crippen LogP contribution is -2.43. The van der Waals surface area contributed by atoms with Gasteiger partial charge in [-0.3, -0.25) is 9.69 Å². The first-order valence-electron chi connectivity index (χ1n) is 8.95. The maximum atomic E-state index is 13.0. The minimum absolute atomic E-state index is 0.177. The summed E-state index contributed by atoms with van der Waals surface area (Å²) >= 11 is 0. The summed E-state index contributed by atoms with van der Waals surface area (Å²) < 4.78 is 23.6. The van der Waals surface area contributed by atoms with Gasteiger partial charge in [-0.25, -0.2) is 4.39 Å². The Balaban J connectivity index is 1.33. The zero-order valence-corrected chi connectivity index (χ0v) is 14.5. The van der Waals surface area contributed by atoms with E-state index in [1.54, 1.807) is 18.2 Å². The molecule has 6 nitrogen and oxygen atoms in total.